The number of sulfonamides is 1. The number of nitrogens with zero attached hydrogens (tertiary/aromatic N) is 2. The molecule has 1 aliphatic rings. The molecule has 3 rings (SSSR count). The van der Waals surface area contributed by atoms with Gasteiger partial charge in [-0.25, -0.2) is 13.1 Å². The van der Waals surface area contributed by atoms with E-state index in [-0.39, 0.29) is 15.9 Å². The molecule has 1 fully saturated rings. The minimum Gasteiger partial charge on any atom is -0.496 e. The molecule has 1 aromatic heterocycles. The highest BCUT2D eigenvalue weighted by atomic mass is 32.2. The summed E-state index contributed by atoms with van der Waals surface area (Å²) in [5.41, 5.74) is 0.585. The lowest BCUT2D eigenvalue weighted by Crippen LogP contribution is -2.45. The number of rotatable bonds is 8. The van der Waals surface area contributed by atoms with Crippen LogP contribution in [0.3, 0.4) is 0 Å². The van der Waals surface area contributed by atoms with Crippen molar-refractivity contribution < 1.29 is 17.9 Å². The van der Waals surface area contributed by atoms with Gasteiger partial charge in [0.1, 0.15) is 10.6 Å². The summed E-state index contributed by atoms with van der Waals surface area (Å²) in [6.45, 7) is 7.66. The SMILES string of the molecule is CCn1cc(S(=O)(=O)NCC[C@@]2(c3ccccc3OC)CCOC(C)(C)C2)cn1. The minimum atomic E-state index is -3.60. The van der Waals surface area contributed by atoms with E-state index in [1.54, 1.807) is 18.0 Å². The molecule has 1 N–H and O–H groups in total. The third kappa shape index (κ3) is 4.82. The van der Waals surface area contributed by atoms with Gasteiger partial charge in [-0.15, -0.1) is 0 Å². The zero-order chi connectivity index (χ0) is 21.1. The second-order valence-electron chi connectivity index (χ2n) is 8.20. The molecule has 0 radical (unpaired) electrons. The number of hydrogen-bond acceptors (Lipinski definition) is 5. The lowest BCUT2D eigenvalue weighted by Gasteiger charge is -2.46. The first-order chi connectivity index (χ1) is 13.7. The number of hydrogen-bond donors (Lipinski definition) is 1. The fraction of sp³-hybridized carbons (Fsp3) is 0.571. The number of aromatic nitrogens is 2. The monoisotopic (exact) mass is 421 g/mol. The van der Waals surface area contributed by atoms with Gasteiger partial charge in [-0.2, -0.15) is 5.10 Å². The molecule has 0 spiro atoms. The Bertz CT molecular complexity index is 939. The second-order valence-corrected chi connectivity index (χ2v) is 9.96. The third-order valence-corrected chi connectivity index (χ3v) is 7.07. The number of nitrogens with one attached hydrogen (secondary N) is 1. The average molecular weight is 422 g/mol. The Morgan fingerprint density at radius 1 is 1.31 bits per heavy atom. The number of para-hydroxylation sites is 1. The van der Waals surface area contributed by atoms with E-state index in [9.17, 15) is 8.42 Å². The highest BCUT2D eigenvalue weighted by molar-refractivity contribution is 7.89. The first-order valence-corrected chi connectivity index (χ1v) is 11.5. The smallest absolute Gasteiger partial charge is 0.243 e. The van der Waals surface area contributed by atoms with Crippen LogP contribution in [-0.4, -0.2) is 44.1 Å². The normalized spacial score (nSPS) is 21.8. The van der Waals surface area contributed by atoms with Crippen LogP contribution in [0.5, 0.6) is 5.75 Å². The molecule has 2 aromatic rings. The fourth-order valence-corrected chi connectivity index (χ4v) is 5.29. The summed E-state index contributed by atoms with van der Waals surface area (Å²) in [7, 11) is -1.93. The number of ether oxygens (including phenoxy) is 2. The molecular weight excluding hydrogens is 390 g/mol. The molecule has 0 aliphatic carbocycles. The van der Waals surface area contributed by atoms with Crippen molar-refractivity contribution in [3.05, 3.63) is 42.2 Å². The van der Waals surface area contributed by atoms with Crippen LogP contribution in [0.25, 0.3) is 0 Å². The summed E-state index contributed by atoms with van der Waals surface area (Å²) in [6, 6.07) is 8.00. The van der Waals surface area contributed by atoms with Gasteiger partial charge in [0.05, 0.1) is 18.9 Å². The van der Waals surface area contributed by atoms with Gasteiger partial charge in [-0.05, 0) is 46.1 Å². The van der Waals surface area contributed by atoms with Crippen molar-refractivity contribution in [3.63, 3.8) is 0 Å². The Morgan fingerprint density at radius 2 is 2.07 bits per heavy atom. The Kier molecular flexibility index (Phi) is 6.36. The van der Waals surface area contributed by atoms with Gasteiger partial charge in [0.2, 0.25) is 10.0 Å². The van der Waals surface area contributed by atoms with Gasteiger partial charge in [0.15, 0.2) is 0 Å². The molecule has 0 amide bonds. The summed E-state index contributed by atoms with van der Waals surface area (Å²) < 4.78 is 41.3. The molecule has 160 valence electrons. The fourth-order valence-electron chi connectivity index (χ4n) is 4.30. The third-order valence-electron chi connectivity index (χ3n) is 5.66. The Balaban J connectivity index is 1.83. The quantitative estimate of drug-likeness (QED) is 0.708. The molecule has 29 heavy (non-hydrogen) atoms. The highest BCUT2D eigenvalue weighted by Crippen LogP contribution is 2.46. The largest absolute Gasteiger partial charge is 0.496 e. The van der Waals surface area contributed by atoms with Gasteiger partial charge in [-0.1, -0.05) is 18.2 Å². The minimum absolute atomic E-state index is 0.193. The lowest BCUT2D eigenvalue weighted by atomic mass is 9.67. The van der Waals surface area contributed by atoms with Crippen molar-refractivity contribution in [2.45, 2.75) is 62.5 Å². The van der Waals surface area contributed by atoms with Crippen LogP contribution < -0.4 is 9.46 Å². The highest BCUT2D eigenvalue weighted by Gasteiger charge is 2.43. The average Bonchev–Trinajstić information content (AvgIpc) is 3.17. The van der Waals surface area contributed by atoms with Crippen molar-refractivity contribution in [3.8, 4) is 5.75 Å². The van der Waals surface area contributed by atoms with E-state index < -0.39 is 10.0 Å². The number of aryl methyl sites for hydroxylation is 1. The lowest BCUT2D eigenvalue weighted by molar-refractivity contribution is -0.0840. The van der Waals surface area contributed by atoms with E-state index in [0.29, 0.717) is 26.1 Å². The molecule has 0 bridgehead atoms. The molecule has 1 aromatic carbocycles. The Labute approximate surface area is 173 Å². The first kappa shape index (κ1) is 21.8. The van der Waals surface area contributed by atoms with Gasteiger partial charge in [-0.3, -0.25) is 4.68 Å². The summed E-state index contributed by atoms with van der Waals surface area (Å²) in [5, 5.41) is 4.07. The molecule has 1 aliphatic heterocycles. The van der Waals surface area contributed by atoms with Gasteiger partial charge in [0, 0.05) is 36.9 Å². The second kappa shape index (κ2) is 8.45. The van der Waals surface area contributed by atoms with Crippen molar-refractivity contribution in [1.29, 1.82) is 0 Å². The van der Waals surface area contributed by atoms with Crippen LogP contribution >= 0.6 is 0 Å². The van der Waals surface area contributed by atoms with Crippen molar-refractivity contribution in [2.24, 2.45) is 0 Å². The first-order valence-electron chi connectivity index (χ1n) is 10.0. The molecular formula is C21H31N3O4S. The predicted molar refractivity (Wildman–Crippen MR) is 112 cm³/mol. The molecule has 1 atom stereocenters. The summed E-state index contributed by atoms with van der Waals surface area (Å²) in [6.07, 6.45) is 5.19. The summed E-state index contributed by atoms with van der Waals surface area (Å²) in [5.74, 6) is 0.831. The van der Waals surface area contributed by atoms with E-state index in [1.165, 1.54) is 6.20 Å². The van der Waals surface area contributed by atoms with Crippen LogP contribution in [0, 0.1) is 0 Å². The van der Waals surface area contributed by atoms with Crippen LogP contribution in [0.4, 0.5) is 0 Å². The van der Waals surface area contributed by atoms with Crippen LogP contribution in [-0.2, 0) is 26.7 Å². The zero-order valence-electron chi connectivity index (χ0n) is 17.6. The molecule has 8 heteroatoms. The molecule has 2 heterocycles. The topological polar surface area (TPSA) is 82.5 Å². The van der Waals surface area contributed by atoms with E-state index in [0.717, 1.165) is 24.2 Å². The number of methoxy groups -OCH3 is 1. The van der Waals surface area contributed by atoms with Crippen molar-refractivity contribution in [2.75, 3.05) is 20.3 Å². The van der Waals surface area contributed by atoms with Crippen LogP contribution in [0.2, 0.25) is 0 Å². The number of benzene rings is 1. The molecule has 0 unspecified atom stereocenters. The summed E-state index contributed by atoms with van der Waals surface area (Å²) >= 11 is 0. The maximum absolute atomic E-state index is 12.7. The Hall–Kier alpha value is -1.90. The maximum atomic E-state index is 12.7. The van der Waals surface area contributed by atoms with E-state index in [2.05, 4.69) is 29.7 Å². The van der Waals surface area contributed by atoms with Crippen LogP contribution in [0.15, 0.2) is 41.6 Å². The van der Waals surface area contributed by atoms with E-state index in [1.807, 2.05) is 25.1 Å². The summed E-state index contributed by atoms with van der Waals surface area (Å²) in [4.78, 5) is 0.193. The maximum Gasteiger partial charge on any atom is 0.243 e. The van der Waals surface area contributed by atoms with E-state index >= 15 is 0 Å². The van der Waals surface area contributed by atoms with Crippen molar-refractivity contribution in [1.82, 2.24) is 14.5 Å². The van der Waals surface area contributed by atoms with Gasteiger partial charge in [0.25, 0.3) is 0 Å². The molecule has 0 saturated carbocycles. The predicted octanol–water partition coefficient (Wildman–Crippen LogP) is 3.11. The molecule has 1 saturated heterocycles. The van der Waals surface area contributed by atoms with Crippen LogP contribution in [0.1, 0.15) is 45.6 Å². The van der Waals surface area contributed by atoms with Gasteiger partial charge >= 0.3 is 0 Å². The zero-order valence-corrected chi connectivity index (χ0v) is 18.5. The van der Waals surface area contributed by atoms with Crippen molar-refractivity contribution >= 4 is 10.0 Å². The molecule has 7 nitrogen and oxygen atoms in total. The van der Waals surface area contributed by atoms with Gasteiger partial charge < -0.3 is 9.47 Å². The van der Waals surface area contributed by atoms with E-state index in [4.69, 9.17) is 9.47 Å². The standard InChI is InChI=1S/C21H31N3O4S/c1-5-24-15-17(14-22-24)29(25,26)23-12-10-21(11-13-28-20(2,3)16-21)18-8-6-7-9-19(18)27-4/h6-9,14-15,23H,5,10-13,16H2,1-4H3/t21-/m1/s1. The Morgan fingerprint density at radius 3 is 2.72 bits per heavy atom.